The van der Waals surface area contributed by atoms with Gasteiger partial charge in [0.05, 0.1) is 7.85 Å². The molecule has 0 amide bonds. The molecule has 1 atom stereocenters. The van der Waals surface area contributed by atoms with E-state index in [9.17, 15) is 0 Å². The molecule has 0 saturated carbocycles. The Morgan fingerprint density at radius 1 is 1.33 bits per heavy atom. The molecule has 12 heavy (non-hydrogen) atoms. The van der Waals surface area contributed by atoms with Crippen LogP contribution in [-0.2, 0) is 72.3 Å². The van der Waals surface area contributed by atoms with E-state index in [1.54, 1.807) is 0 Å². The molecule has 1 rings (SSSR count). The summed E-state index contributed by atoms with van der Waals surface area (Å²) >= 11 is 0. The first-order valence-electron chi connectivity index (χ1n) is 2.63. The Bertz CT molecular complexity index is 77.8. The summed E-state index contributed by atoms with van der Waals surface area (Å²) in [6.45, 7) is 3.86. The van der Waals surface area contributed by atoms with E-state index in [0.29, 0.717) is 0 Å². The fourth-order valence-electron chi connectivity index (χ4n) is 0.748. The average Bonchev–Trinajstić information content (AvgIpc) is 1.84. The van der Waals surface area contributed by atoms with Crippen LogP contribution in [0.15, 0.2) is 0 Å². The third-order valence-electron chi connectivity index (χ3n) is 1.31. The summed E-state index contributed by atoms with van der Waals surface area (Å²) in [5.41, 5.74) is 0. The Labute approximate surface area is 130 Å². The van der Waals surface area contributed by atoms with Crippen LogP contribution >= 0.6 is 0 Å². The van der Waals surface area contributed by atoms with Crippen LogP contribution in [0.1, 0.15) is 13.3 Å². The summed E-state index contributed by atoms with van der Waals surface area (Å²) in [5.74, 6) is 0. The maximum absolute atomic E-state index is 5.68. The molecule has 0 aromatic carbocycles. The first kappa shape index (κ1) is 29.3. The molecule has 1 saturated heterocycles. The Balaban J connectivity index is -0.0000000327. The van der Waals surface area contributed by atoms with Crippen molar-refractivity contribution >= 4 is 7.85 Å². The maximum atomic E-state index is 5.68. The third kappa shape index (κ3) is 12.4. The van der Waals surface area contributed by atoms with Gasteiger partial charge >= 0.3 is 0 Å². The smallest absolute Gasteiger partial charge is 0.0718 e. The summed E-state index contributed by atoms with van der Waals surface area (Å²) < 4.78 is 0. The van der Waals surface area contributed by atoms with Crippen molar-refractivity contribution in [2.45, 2.75) is 18.7 Å². The normalized spacial score (nSPS) is 24.4. The van der Waals surface area contributed by atoms with Crippen LogP contribution < -0.4 is 0 Å². The van der Waals surface area contributed by atoms with E-state index < -0.39 is 0 Å². The minimum absolute atomic E-state index is 0. The van der Waals surface area contributed by atoms with Gasteiger partial charge in [-0.25, -0.2) is 0 Å². The molecule has 5 heteroatoms. The molecule has 0 aliphatic carbocycles. The minimum atomic E-state index is 0. The summed E-state index contributed by atoms with van der Waals surface area (Å²) in [7, 11) is 5.68. The predicted molar refractivity (Wildman–Crippen MR) is 44.7 cm³/mol. The van der Waals surface area contributed by atoms with Crippen molar-refractivity contribution in [2.75, 3.05) is 13.1 Å². The molecule has 0 spiro atoms. The fourth-order valence-corrected chi connectivity index (χ4v) is 0.748. The first-order chi connectivity index (χ1) is 3.21. The van der Waals surface area contributed by atoms with Crippen LogP contribution in [0.4, 0.5) is 0 Å². The minimum Gasteiger partial charge on any atom is -0.662 e. The topological polar surface area (TPSA) is 14.1 Å². The molecule has 0 aromatic heterocycles. The van der Waals surface area contributed by atoms with Crippen molar-refractivity contribution in [2.24, 2.45) is 0 Å². The summed E-state index contributed by atoms with van der Waals surface area (Å²) in [5, 5.41) is 4.14. The van der Waals surface area contributed by atoms with E-state index in [0.717, 1.165) is 19.5 Å². The third-order valence-corrected chi connectivity index (χ3v) is 1.31. The van der Waals surface area contributed by atoms with Gasteiger partial charge in [-0.1, -0.05) is 18.7 Å². The van der Waals surface area contributed by atoms with Crippen molar-refractivity contribution in [3.63, 3.8) is 0 Å². The first-order valence-corrected chi connectivity index (χ1v) is 2.63. The second-order valence-electron chi connectivity index (χ2n) is 2.51. The summed E-state index contributed by atoms with van der Waals surface area (Å²) in [6, 6.07) is 0. The van der Waals surface area contributed by atoms with Crippen LogP contribution in [0.5, 0.6) is 0 Å². The zero-order valence-electron chi connectivity index (χ0n) is 8.08. The van der Waals surface area contributed by atoms with Gasteiger partial charge in [0.15, 0.2) is 0 Å². The van der Waals surface area contributed by atoms with Gasteiger partial charge in [0.2, 0.25) is 0 Å². The predicted octanol–water partition coefficient (Wildman–Crippen LogP) is 2.00. The van der Waals surface area contributed by atoms with Crippen molar-refractivity contribution in [3.8, 4) is 0 Å². The van der Waals surface area contributed by atoms with Crippen LogP contribution in [0, 0.1) is 14.9 Å². The molecule has 1 aliphatic heterocycles. The Hall–Kier alpha value is 2.40. The standard InChI is InChI=1S/C5H9BN.2CH3.V.W.Y/c1-5(6)2-3-7-4-5;;;;;/h2-4H2,1H3;2*1H3;;;/q3*-1;;;. The van der Waals surface area contributed by atoms with E-state index in [4.69, 9.17) is 7.85 Å². The van der Waals surface area contributed by atoms with Gasteiger partial charge in [-0.15, -0.1) is 6.54 Å². The molecular weight excluding hydrogens is 433 g/mol. The van der Waals surface area contributed by atoms with Gasteiger partial charge in [0.1, 0.15) is 0 Å². The van der Waals surface area contributed by atoms with Gasteiger partial charge in [-0.2, -0.15) is 6.54 Å². The molecule has 0 bridgehead atoms. The monoisotopic (exact) mass is 448 g/mol. The number of rotatable bonds is 0. The molecular formula is C7H15BNVWY-3. The van der Waals surface area contributed by atoms with E-state index in [1.807, 2.05) is 6.92 Å². The van der Waals surface area contributed by atoms with Crippen molar-refractivity contribution in [1.29, 1.82) is 0 Å². The van der Waals surface area contributed by atoms with Crippen LogP contribution in [-0.4, -0.2) is 20.9 Å². The molecule has 1 fully saturated rings. The number of hydrogen-bond donors (Lipinski definition) is 0. The Morgan fingerprint density at radius 3 is 1.83 bits per heavy atom. The molecule has 1 nitrogen and oxygen atoms in total. The van der Waals surface area contributed by atoms with Gasteiger partial charge in [-0.3, -0.25) is 0 Å². The average molecular weight is 448 g/mol. The second-order valence-corrected chi connectivity index (χ2v) is 2.51. The van der Waals surface area contributed by atoms with E-state index >= 15 is 0 Å². The fraction of sp³-hybridized carbons (Fsp3) is 0.714. The van der Waals surface area contributed by atoms with Crippen molar-refractivity contribution < 1.29 is 72.3 Å². The number of hydrogen-bond acceptors (Lipinski definition) is 0. The van der Waals surface area contributed by atoms with Gasteiger partial charge in [0.25, 0.3) is 0 Å². The van der Waals surface area contributed by atoms with Gasteiger partial charge < -0.3 is 20.2 Å². The number of nitrogens with zero attached hydrogens (tertiary/aromatic N) is 1. The maximum Gasteiger partial charge on any atom is 0.0718 e. The molecule has 4 radical (unpaired) electrons. The molecule has 1 aliphatic rings. The van der Waals surface area contributed by atoms with Crippen molar-refractivity contribution in [3.05, 3.63) is 20.2 Å². The molecule has 0 aromatic rings. The second kappa shape index (κ2) is 13.4. The SMILES string of the molecule is [B]C1(C)CC[N-]C1.[CH3-].[CH3-].[V].[W].[Y]. The van der Waals surface area contributed by atoms with E-state index in [2.05, 4.69) is 5.32 Å². The molecule has 0 N–H and O–H groups in total. The largest absolute Gasteiger partial charge is 0.662 e. The van der Waals surface area contributed by atoms with Crippen LogP contribution in [0.2, 0.25) is 5.31 Å². The summed E-state index contributed by atoms with van der Waals surface area (Å²) in [4.78, 5) is 0. The molecule has 1 heterocycles. The van der Waals surface area contributed by atoms with E-state index in [1.165, 1.54) is 0 Å². The summed E-state index contributed by atoms with van der Waals surface area (Å²) in [6.07, 6.45) is 1.06. The van der Waals surface area contributed by atoms with Crippen molar-refractivity contribution in [1.82, 2.24) is 0 Å². The zero-order chi connectivity index (χ0) is 5.33. The molecule has 68 valence electrons. The quantitative estimate of drug-likeness (QED) is 0.398. The Morgan fingerprint density at radius 2 is 1.75 bits per heavy atom. The van der Waals surface area contributed by atoms with Gasteiger partial charge in [0, 0.05) is 72.3 Å². The van der Waals surface area contributed by atoms with Crippen LogP contribution in [0.25, 0.3) is 5.32 Å². The Kier molecular flexibility index (Phi) is 32.7. The van der Waals surface area contributed by atoms with Gasteiger partial charge in [-0.05, 0) is 0 Å². The molecule has 1 unspecified atom stereocenters. The zero-order valence-corrected chi connectivity index (χ0v) is 15.2. The van der Waals surface area contributed by atoms with E-state index in [-0.39, 0.29) is 92.5 Å². The van der Waals surface area contributed by atoms with Crippen LogP contribution in [0.3, 0.4) is 0 Å².